The zero-order valence-corrected chi connectivity index (χ0v) is 8.54. The summed E-state index contributed by atoms with van der Waals surface area (Å²) in [6.07, 6.45) is 1.57. The summed E-state index contributed by atoms with van der Waals surface area (Å²) in [6, 6.07) is 5.42. The summed E-state index contributed by atoms with van der Waals surface area (Å²) in [6.45, 7) is 5.76. The van der Waals surface area contributed by atoms with Crippen molar-refractivity contribution < 1.29 is 9.53 Å². The molecule has 74 valence electrons. The van der Waals surface area contributed by atoms with Crippen LogP contribution < -0.4 is 4.74 Å². The van der Waals surface area contributed by atoms with Crippen LogP contribution in [-0.2, 0) is 6.42 Å². The molecule has 0 unspecified atom stereocenters. The van der Waals surface area contributed by atoms with E-state index in [0.29, 0.717) is 12.0 Å². The van der Waals surface area contributed by atoms with Crippen molar-refractivity contribution in [2.75, 3.05) is 7.11 Å². The topological polar surface area (TPSA) is 26.3 Å². The second kappa shape index (κ2) is 4.61. The molecule has 0 saturated carbocycles. The van der Waals surface area contributed by atoms with E-state index in [2.05, 4.69) is 6.58 Å². The number of hydrogen-bond donors (Lipinski definition) is 0. The Labute approximate surface area is 84.2 Å². The minimum atomic E-state index is 0.703. The summed E-state index contributed by atoms with van der Waals surface area (Å²) in [4.78, 5) is 10.7. The Morgan fingerprint density at radius 2 is 2.29 bits per heavy atom. The average Bonchev–Trinajstić information content (AvgIpc) is 2.16. The molecule has 1 rings (SSSR count). The van der Waals surface area contributed by atoms with Crippen molar-refractivity contribution in [1.29, 1.82) is 0 Å². The fraction of sp³-hybridized carbons (Fsp3) is 0.250. The van der Waals surface area contributed by atoms with Crippen LogP contribution in [0.4, 0.5) is 0 Å². The van der Waals surface area contributed by atoms with Gasteiger partial charge in [-0.2, -0.15) is 0 Å². The zero-order chi connectivity index (χ0) is 10.6. The van der Waals surface area contributed by atoms with Crippen molar-refractivity contribution in [3.05, 3.63) is 41.5 Å². The molecule has 0 aliphatic heterocycles. The van der Waals surface area contributed by atoms with Crippen molar-refractivity contribution in [2.24, 2.45) is 0 Å². The normalized spacial score (nSPS) is 9.57. The molecule has 0 N–H and O–H groups in total. The van der Waals surface area contributed by atoms with E-state index in [1.807, 2.05) is 13.0 Å². The molecule has 0 bridgehead atoms. The Balaban J connectivity index is 3.07. The summed E-state index contributed by atoms with van der Waals surface area (Å²) in [7, 11) is 1.61. The first kappa shape index (κ1) is 10.5. The maximum absolute atomic E-state index is 10.7. The molecule has 14 heavy (non-hydrogen) atoms. The monoisotopic (exact) mass is 190 g/mol. The summed E-state index contributed by atoms with van der Waals surface area (Å²) in [5.74, 6) is 0.770. The lowest BCUT2D eigenvalue weighted by molar-refractivity contribution is 0.112. The highest BCUT2D eigenvalue weighted by Gasteiger charge is 2.03. The first-order valence-electron chi connectivity index (χ1n) is 4.44. The number of aldehydes is 1. The number of ether oxygens (including phenoxy) is 1. The highest BCUT2D eigenvalue weighted by molar-refractivity contribution is 5.77. The van der Waals surface area contributed by atoms with Crippen LogP contribution in [0.2, 0.25) is 0 Å². The molecule has 1 aromatic carbocycles. The van der Waals surface area contributed by atoms with Gasteiger partial charge in [0.25, 0.3) is 0 Å². The Kier molecular flexibility index (Phi) is 3.46. The fourth-order valence-electron chi connectivity index (χ4n) is 1.30. The van der Waals surface area contributed by atoms with Crippen LogP contribution in [0.3, 0.4) is 0 Å². The van der Waals surface area contributed by atoms with Crippen molar-refractivity contribution in [1.82, 2.24) is 0 Å². The SMILES string of the molecule is C=C(C)Cc1cc(OC)ccc1C=O. The van der Waals surface area contributed by atoms with Gasteiger partial charge in [0.1, 0.15) is 12.0 Å². The molecule has 0 atom stereocenters. The molecular formula is C12H14O2. The lowest BCUT2D eigenvalue weighted by atomic mass is 10.0. The molecule has 0 amide bonds. The molecule has 0 fully saturated rings. The summed E-state index contributed by atoms with van der Waals surface area (Å²) >= 11 is 0. The van der Waals surface area contributed by atoms with E-state index in [9.17, 15) is 4.79 Å². The smallest absolute Gasteiger partial charge is 0.150 e. The van der Waals surface area contributed by atoms with Gasteiger partial charge in [0.05, 0.1) is 7.11 Å². The first-order chi connectivity index (χ1) is 6.67. The Morgan fingerprint density at radius 3 is 2.79 bits per heavy atom. The molecule has 0 radical (unpaired) electrons. The number of allylic oxidation sites excluding steroid dienone is 1. The van der Waals surface area contributed by atoms with Gasteiger partial charge in [-0.05, 0) is 37.1 Å². The van der Waals surface area contributed by atoms with Crippen LogP contribution in [0.25, 0.3) is 0 Å². The van der Waals surface area contributed by atoms with Gasteiger partial charge in [-0.15, -0.1) is 0 Å². The predicted molar refractivity (Wildman–Crippen MR) is 56.9 cm³/mol. The quantitative estimate of drug-likeness (QED) is 0.539. The second-order valence-electron chi connectivity index (χ2n) is 3.32. The number of carbonyl (C=O) groups is 1. The second-order valence-corrected chi connectivity index (χ2v) is 3.32. The van der Waals surface area contributed by atoms with Crippen LogP contribution in [-0.4, -0.2) is 13.4 Å². The third kappa shape index (κ3) is 2.46. The number of benzene rings is 1. The van der Waals surface area contributed by atoms with Gasteiger partial charge in [0.2, 0.25) is 0 Å². The summed E-state index contributed by atoms with van der Waals surface area (Å²) in [5, 5.41) is 0. The van der Waals surface area contributed by atoms with E-state index in [1.165, 1.54) is 0 Å². The van der Waals surface area contributed by atoms with Gasteiger partial charge < -0.3 is 4.74 Å². The third-order valence-electron chi connectivity index (χ3n) is 1.97. The van der Waals surface area contributed by atoms with E-state index >= 15 is 0 Å². The molecule has 0 aliphatic carbocycles. The van der Waals surface area contributed by atoms with Crippen molar-refractivity contribution in [2.45, 2.75) is 13.3 Å². The van der Waals surface area contributed by atoms with E-state index in [0.717, 1.165) is 23.2 Å². The molecule has 2 nitrogen and oxygen atoms in total. The Bertz CT molecular complexity index is 353. The Hall–Kier alpha value is -1.57. The summed E-state index contributed by atoms with van der Waals surface area (Å²) < 4.78 is 5.09. The highest BCUT2D eigenvalue weighted by atomic mass is 16.5. The molecule has 2 heteroatoms. The van der Waals surface area contributed by atoms with Gasteiger partial charge in [0, 0.05) is 5.56 Å². The van der Waals surface area contributed by atoms with Crippen LogP contribution in [0.1, 0.15) is 22.8 Å². The molecule has 1 aromatic rings. The highest BCUT2D eigenvalue weighted by Crippen LogP contribution is 2.18. The summed E-state index contributed by atoms with van der Waals surface area (Å²) in [5.41, 5.74) is 2.70. The molecule has 0 saturated heterocycles. The fourth-order valence-corrected chi connectivity index (χ4v) is 1.30. The van der Waals surface area contributed by atoms with Crippen molar-refractivity contribution in [3.8, 4) is 5.75 Å². The van der Waals surface area contributed by atoms with E-state index in [4.69, 9.17) is 4.74 Å². The minimum absolute atomic E-state index is 0.703. The lowest BCUT2D eigenvalue weighted by Gasteiger charge is -2.07. The van der Waals surface area contributed by atoms with Gasteiger partial charge in [-0.25, -0.2) is 0 Å². The third-order valence-corrected chi connectivity index (χ3v) is 1.97. The average molecular weight is 190 g/mol. The standard InChI is InChI=1S/C12H14O2/c1-9(2)6-11-7-12(14-3)5-4-10(11)8-13/h4-5,7-8H,1,6H2,2-3H3. The number of rotatable bonds is 4. The minimum Gasteiger partial charge on any atom is -0.497 e. The van der Waals surface area contributed by atoms with Crippen LogP contribution in [0.5, 0.6) is 5.75 Å². The largest absolute Gasteiger partial charge is 0.497 e. The van der Waals surface area contributed by atoms with E-state index < -0.39 is 0 Å². The van der Waals surface area contributed by atoms with Crippen LogP contribution in [0.15, 0.2) is 30.4 Å². The van der Waals surface area contributed by atoms with Crippen LogP contribution >= 0.6 is 0 Å². The van der Waals surface area contributed by atoms with E-state index in [-0.39, 0.29) is 0 Å². The molecule has 0 aliphatic rings. The molecule has 0 heterocycles. The maximum Gasteiger partial charge on any atom is 0.150 e. The number of hydrogen-bond acceptors (Lipinski definition) is 2. The number of carbonyl (C=O) groups excluding carboxylic acids is 1. The van der Waals surface area contributed by atoms with Gasteiger partial charge in [0.15, 0.2) is 0 Å². The lowest BCUT2D eigenvalue weighted by Crippen LogP contribution is -1.95. The molecule has 0 spiro atoms. The number of methoxy groups -OCH3 is 1. The molecular weight excluding hydrogens is 176 g/mol. The van der Waals surface area contributed by atoms with Crippen molar-refractivity contribution in [3.63, 3.8) is 0 Å². The Morgan fingerprint density at radius 1 is 1.57 bits per heavy atom. The van der Waals surface area contributed by atoms with Gasteiger partial charge >= 0.3 is 0 Å². The van der Waals surface area contributed by atoms with Crippen molar-refractivity contribution >= 4 is 6.29 Å². The first-order valence-corrected chi connectivity index (χ1v) is 4.44. The van der Waals surface area contributed by atoms with Crippen LogP contribution in [0, 0.1) is 0 Å². The van der Waals surface area contributed by atoms with Gasteiger partial charge in [-0.3, -0.25) is 4.79 Å². The zero-order valence-electron chi connectivity index (χ0n) is 8.54. The van der Waals surface area contributed by atoms with E-state index in [1.54, 1.807) is 19.2 Å². The maximum atomic E-state index is 10.7. The molecule has 0 aromatic heterocycles. The predicted octanol–water partition coefficient (Wildman–Crippen LogP) is 2.63. The van der Waals surface area contributed by atoms with Gasteiger partial charge in [-0.1, -0.05) is 12.2 Å².